The van der Waals surface area contributed by atoms with Crippen LogP contribution in [0.4, 0.5) is 0 Å². The molecule has 1 saturated carbocycles. The van der Waals surface area contributed by atoms with Gasteiger partial charge in [-0.05, 0) is 42.5 Å². The number of rotatable bonds is 6. The van der Waals surface area contributed by atoms with Crippen LogP contribution in [0.15, 0.2) is 21.7 Å². The maximum atomic E-state index is 12.1. The van der Waals surface area contributed by atoms with Crippen molar-refractivity contribution in [2.45, 2.75) is 49.5 Å². The standard InChI is InChI=1S/C15H25NO3S2/c1-11-5-6-13(8-12(11)2)16-9-14(17)10-21(18,19)15-4-3-7-20-15/h3-4,7,11-14,16-17H,5-6,8-10H2,1-2H3/t11-,12+,13+,14-/m1/s1. The summed E-state index contributed by atoms with van der Waals surface area (Å²) in [6.07, 6.45) is 2.55. The van der Waals surface area contributed by atoms with Crippen molar-refractivity contribution in [3.63, 3.8) is 0 Å². The minimum atomic E-state index is -3.36. The van der Waals surface area contributed by atoms with Crippen molar-refractivity contribution in [1.82, 2.24) is 5.32 Å². The van der Waals surface area contributed by atoms with E-state index in [0.29, 0.717) is 22.7 Å². The maximum absolute atomic E-state index is 12.1. The third kappa shape index (κ3) is 4.77. The second-order valence-corrected chi connectivity index (χ2v) is 9.45. The molecule has 0 unspecified atom stereocenters. The molecule has 1 aromatic heterocycles. The average Bonchev–Trinajstić information content (AvgIpc) is 2.94. The Morgan fingerprint density at radius 3 is 2.76 bits per heavy atom. The Bertz CT molecular complexity index is 527. The van der Waals surface area contributed by atoms with E-state index in [4.69, 9.17) is 0 Å². The lowest BCUT2D eigenvalue weighted by Gasteiger charge is -2.33. The first kappa shape index (κ1) is 16.9. The predicted molar refractivity (Wildman–Crippen MR) is 86.3 cm³/mol. The van der Waals surface area contributed by atoms with Crippen molar-refractivity contribution >= 4 is 21.2 Å². The van der Waals surface area contributed by atoms with Crippen LogP contribution in [0.3, 0.4) is 0 Å². The Labute approximate surface area is 131 Å². The number of aliphatic hydroxyl groups excluding tert-OH is 1. The summed E-state index contributed by atoms with van der Waals surface area (Å²) in [4.78, 5) is 0. The fourth-order valence-electron chi connectivity index (χ4n) is 2.87. The Hall–Kier alpha value is -0.430. The van der Waals surface area contributed by atoms with Crippen LogP contribution in [0.2, 0.25) is 0 Å². The number of nitrogens with one attached hydrogen (secondary N) is 1. The Morgan fingerprint density at radius 1 is 1.38 bits per heavy atom. The van der Waals surface area contributed by atoms with E-state index in [1.807, 2.05) is 0 Å². The summed E-state index contributed by atoms with van der Waals surface area (Å²) >= 11 is 1.20. The van der Waals surface area contributed by atoms with Crippen molar-refractivity contribution < 1.29 is 13.5 Å². The second kappa shape index (κ2) is 7.22. The normalized spacial score (nSPS) is 28.4. The van der Waals surface area contributed by atoms with Gasteiger partial charge in [-0.1, -0.05) is 19.9 Å². The summed E-state index contributed by atoms with van der Waals surface area (Å²) in [6.45, 7) is 4.88. The van der Waals surface area contributed by atoms with E-state index < -0.39 is 15.9 Å². The van der Waals surface area contributed by atoms with Gasteiger partial charge in [0, 0.05) is 12.6 Å². The van der Waals surface area contributed by atoms with Gasteiger partial charge in [0.1, 0.15) is 4.21 Å². The molecule has 0 spiro atoms. The lowest BCUT2D eigenvalue weighted by molar-refractivity contribution is 0.168. The van der Waals surface area contributed by atoms with Crippen LogP contribution in [0, 0.1) is 11.8 Å². The summed E-state index contributed by atoms with van der Waals surface area (Å²) < 4.78 is 24.5. The van der Waals surface area contributed by atoms with E-state index in [1.54, 1.807) is 17.5 Å². The molecular formula is C15H25NO3S2. The first-order valence-corrected chi connectivity index (χ1v) is 10.1. The topological polar surface area (TPSA) is 66.4 Å². The van der Waals surface area contributed by atoms with Gasteiger partial charge in [0.05, 0.1) is 11.9 Å². The van der Waals surface area contributed by atoms with Crippen molar-refractivity contribution in [2.75, 3.05) is 12.3 Å². The third-order valence-corrected chi connectivity index (χ3v) is 7.74. The zero-order valence-electron chi connectivity index (χ0n) is 12.7. The van der Waals surface area contributed by atoms with Crippen molar-refractivity contribution in [2.24, 2.45) is 11.8 Å². The first-order valence-electron chi connectivity index (χ1n) is 7.56. The number of sulfone groups is 1. The molecule has 4 nitrogen and oxygen atoms in total. The van der Waals surface area contributed by atoms with E-state index in [9.17, 15) is 13.5 Å². The molecule has 0 saturated heterocycles. The van der Waals surface area contributed by atoms with Gasteiger partial charge in [0.25, 0.3) is 0 Å². The van der Waals surface area contributed by atoms with Crippen LogP contribution >= 0.6 is 11.3 Å². The maximum Gasteiger partial charge on any atom is 0.190 e. The molecule has 21 heavy (non-hydrogen) atoms. The second-order valence-electron chi connectivity index (χ2n) is 6.24. The fourth-order valence-corrected chi connectivity index (χ4v) is 5.35. The molecule has 0 amide bonds. The Kier molecular flexibility index (Phi) is 5.82. The molecule has 1 heterocycles. The van der Waals surface area contributed by atoms with Gasteiger partial charge in [-0.3, -0.25) is 0 Å². The summed E-state index contributed by atoms with van der Waals surface area (Å²) in [5.74, 6) is 1.23. The van der Waals surface area contributed by atoms with Gasteiger partial charge in [0.2, 0.25) is 0 Å². The zero-order valence-corrected chi connectivity index (χ0v) is 14.3. The first-order chi connectivity index (χ1) is 9.88. The lowest BCUT2D eigenvalue weighted by atomic mass is 9.79. The van der Waals surface area contributed by atoms with Gasteiger partial charge in [-0.2, -0.15) is 0 Å². The highest BCUT2D eigenvalue weighted by Gasteiger charge is 2.26. The Balaban J connectivity index is 1.79. The highest BCUT2D eigenvalue weighted by molar-refractivity contribution is 7.93. The zero-order chi connectivity index (χ0) is 15.5. The molecule has 1 aliphatic carbocycles. The lowest BCUT2D eigenvalue weighted by Crippen LogP contribution is -2.41. The van der Waals surface area contributed by atoms with E-state index in [0.717, 1.165) is 18.8 Å². The number of thiophene rings is 1. The third-order valence-electron chi connectivity index (χ3n) is 4.45. The molecule has 2 rings (SSSR count). The van der Waals surface area contributed by atoms with E-state index >= 15 is 0 Å². The van der Waals surface area contributed by atoms with Crippen LogP contribution < -0.4 is 5.32 Å². The van der Waals surface area contributed by atoms with Crippen LogP contribution in [0.1, 0.15) is 33.1 Å². The van der Waals surface area contributed by atoms with Gasteiger partial charge >= 0.3 is 0 Å². The smallest absolute Gasteiger partial charge is 0.190 e. The SMILES string of the molecule is C[C@@H]1CC[C@H](NC[C@@H](O)CS(=O)(=O)c2cccs2)C[C@@H]1C. The number of hydrogen-bond donors (Lipinski definition) is 2. The van der Waals surface area contributed by atoms with Gasteiger partial charge in [-0.15, -0.1) is 11.3 Å². The molecule has 0 radical (unpaired) electrons. The predicted octanol–water partition coefficient (Wildman–Crippen LogP) is 2.30. The molecule has 0 bridgehead atoms. The molecule has 0 aliphatic heterocycles. The minimum Gasteiger partial charge on any atom is -0.391 e. The van der Waals surface area contributed by atoms with Gasteiger partial charge in [-0.25, -0.2) is 8.42 Å². The quantitative estimate of drug-likeness (QED) is 0.839. The summed E-state index contributed by atoms with van der Waals surface area (Å²) in [7, 11) is -3.36. The van der Waals surface area contributed by atoms with Crippen LogP contribution in [-0.2, 0) is 9.84 Å². The van der Waals surface area contributed by atoms with Crippen LogP contribution in [0.25, 0.3) is 0 Å². The molecule has 6 heteroatoms. The fraction of sp³-hybridized carbons (Fsp3) is 0.733. The van der Waals surface area contributed by atoms with Crippen molar-refractivity contribution in [3.8, 4) is 0 Å². The van der Waals surface area contributed by atoms with Crippen LogP contribution in [0.5, 0.6) is 0 Å². The monoisotopic (exact) mass is 331 g/mol. The Morgan fingerprint density at radius 2 is 2.14 bits per heavy atom. The van der Waals surface area contributed by atoms with Crippen LogP contribution in [-0.4, -0.2) is 38.0 Å². The minimum absolute atomic E-state index is 0.209. The molecule has 1 aromatic rings. The molecule has 4 atom stereocenters. The van der Waals surface area contributed by atoms with E-state index in [1.165, 1.54) is 17.8 Å². The highest BCUT2D eigenvalue weighted by atomic mass is 32.2. The average molecular weight is 332 g/mol. The number of aliphatic hydroxyl groups is 1. The summed E-state index contributed by atoms with van der Waals surface area (Å²) in [5.41, 5.74) is 0. The van der Waals surface area contributed by atoms with Crippen molar-refractivity contribution in [3.05, 3.63) is 17.5 Å². The molecule has 1 aliphatic rings. The van der Waals surface area contributed by atoms with Gasteiger partial charge in [0.15, 0.2) is 9.84 Å². The summed E-state index contributed by atoms with van der Waals surface area (Å²) in [5, 5.41) is 15.1. The van der Waals surface area contributed by atoms with Crippen molar-refractivity contribution in [1.29, 1.82) is 0 Å². The van der Waals surface area contributed by atoms with E-state index in [2.05, 4.69) is 19.2 Å². The van der Waals surface area contributed by atoms with E-state index in [-0.39, 0.29) is 5.75 Å². The summed E-state index contributed by atoms with van der Waals surface area (Å²) in [6, 6.07) is 3.70. The number of hydrogen-bond acceptors (Lipinski definition) is 5. The molecule has 1 fully saturated rings. The molecule has 120 valence electrons. The largest absolute Gasteiger partial charge is 0.391 e. The molecule has 2 N–H and O–H groups in total. The molecule has 0 aromatic carbocycles. The highest BCUT2D eigenvalue weighted by Crippen LogP contribution is 2.29. The molecular weight excluding hydrogens is 306 g/mol. The van der Waals surface area contributed by atoms with Gasteiger partial charge < -0.3 is 10.4 Å².